The van der Waals surface area contributed by atoms with Gasteiger partial charge in [-0.2, -0.15) is 0 Å². The molecular formula is C13H16N2O5S. The zero-order chi connectivity index (χ0) is 15.5. The highest BCUT2D eigenvalue weighted by molar-refractivity contribution is 7.88. The van der Waals surface area contributed by atoms with Crippen molar-refractivity contribution in [2.24, 2.45) is 5.92 Å². The highest BCUT2D eigenvalue weighted by atomic mass is 32.2. The first-order valence-corrected chi connectivity index (χ1v) is 8.20. The Kier molecular flexibility index (Phi) is 4.69. The zero-order valence-electron chi connectivity index (χ0n) is 11.3. The largest absolute Gasteiger partial charge is 0.303 e. The van der Waals surface area contributed by atoms with Gasteiger partial charge in [-0.25, -0.2) is 12.7 Å². The quantitative estimate of drug-likeness (QED) is 0.464. The summed E-state index contributed by atoms with van der Waals surface area (Å²) < 4.78 is 26.0. The minimum absolute atomic E-state index is 0.0949. The van der Waals surface area contributed by atoms with Crippen molar-refractivity contribution in [2.75, 3.05) is 13.1 Å². The van der Waals surface area contributed by atoms with Crippen LogP contribution in [0.1, 0.15) is 18.4 Å². The molecule has 0 amide bonds. The second kappa shape index (κ2) is 6.31. The van der Waals surface area contributed by atoms with Gasteiger partial charge in [0.2, 0.25) is 10.0 Å². The Balaban J connectivity index is 2.15. The monoisotopic (exact) mass is 312 g/mol. The van der Waals surface area contributed by atoms with Crippen molar-refractivity contribution in [3.63, 3.8) is 0 Å². The number of rotatable bonds is 5. The fraction of sp³-hybridized carbons (Fsp3) is 0.462. The maximum Gasteiger partial charge on any atom is 0.273 e. The minimum atomic E-state index is -3.61. The molecule has 1 fully saturated rings. The standard InChI is InChI=1S/C13H16N2O5S/c16-9-11-5-7-14(8-6-11)21(19,20)10-12-3-1-2-4-13(12)15(17)18/h1-4,9,11H,5-8,10H2. The maximum atomic E-state index is 12.3. The van der Waals surface area contributed by atoms with Crippen LogP contribution in [0.2, 0.25) is 0 Å². The van der Waals surface area contributed by atoms with E-state index in [-0.39, 0.29) is 30.3 Å². The van der Waals surface area contributed by atoms with Gasteiger partial charge in [0.15, 0.2) is 0 Å². The number of aldehydes is 1. The Hall–Kier alpha value is -1.80. The highest BCUT2D eigenvalue weighted by Gasteiger charge is 2.29. The summed E-state index contributed by atoms with van der Waals surface area (Å²) in [6.07, 6.45) is 1.85. The van der Waals surface area contributed by atoms with Gasteiger partial charge in [-0.1, -0.05) is 18.2 Å². The van der Waals surface area contributed by atoms with E-state index in [2.05, 4.69) is 0 Å². The van der Waals surface area contributed by atoms with Crippen LogP contribution in [0.15, 0.2) is 24.3 Å². The van der Waals surface area contributed by atoms with E-state index in [0.29, 0.717) is 12.8 Å². The average Bonchev–Trinajstić information content (AvgIpc) is 2.47. The normalized spacial score (nSPS) is 17.5. The van der Waals surface area contributed by atoms with Crippen molar-refractivity contribution in [3.05, 3.63) is 39.9 Å². The molecule has 7 nitrogen and oxygen atoms in total. The molecule has 1 aromatic rings. The van der Waals surface area contributed by atoms with E-state index in [1.807, 2.05) is 0 Å². The number of nitrogens with zero attached hydrogens (tertiary/aromatic N) is 2. The number of sulfonamides is 1. The van der Waals surface area contributed by atoms with E-state index in [0.717, 1.165) is 6.29 Å². The lowest BCUT2D eigenvalue weighted by Gasteiger charge is -2.28. The summed E-state index contributed by atoms with van der Waals surface area (Å²) in [6.45, 7) is 0.568. The molecule has 0 aromatic heterocycles. The van der Waals surface area contributed by atoms with Gasteiger partial charge in [-0.15, -0.1) is 0 Å². The fourth-order valence-corrected chi connectivity index (χ4v) is 3.98. The maximum absolute atomic E-state index is 12.3. The Bertz CT molecular complexity index is 636. The van der Waals surface area contributed by atoms with Crippen molar-refractivity contribution >= 4 is 22.0 Å². The molecule has 1 aliphatic rings. The highest BCUT2D eigenvalue weighted by Crippen LogP contribution is 2.24. The van der Waals surface area contributed by atoms with Crippen molar-refractivity contribution < 1.29 is 18.1 Å². The van der Waals surface area contributed by atoms with Crippen LogP contribution in [0.3, 0.4) is 0 Å². The first-order valence-electron chi connectivity index (χ1n) is 6.59. The Morgan fingerprint density at radius 1 is 1.29 bits per heavy atom. The fourth-order valence-electron chi connectivity index (χ4n) is 2.39. The molecule has 0 radical (unpaired) electrons. The lowest BCUT2D eigenvalue weighted by molar-refractivity contribution is -0.385. The number of hydrogen-bond donors (Lipinski definition) is 0. The van der Waals surface area contributed by atoms with Gasteiger partial charge in [0, 0.05) is 30.6 Å². The van der Waals surface area contributed by atoms with Crippen LogP contribution in [0, 0.1) is 16.0 Å². The summed E-state index contributed by atoms with van der Waals surface area (Å²) in [5, 5.41) is 10.9. The van der Waals surface area contributed by atoms with Crippen molar-refractivity contribution in [1.29, 1.82) is 0 Å². The smallest absolute Gasteiger partial charge is 0.273 e. The summed E-state index contributed by atoms with van der Waals surface area (Å²) in [5.41, 5.74) is -0.0103. The third-order valence-corrected chi connectivity index (χ3v) is 5.44. The van der Waals surface area contributed by atoms with Gasteiger partial charge >= 0.3 is 0 Å². The zero-order valence-corrected chi connectivity index (χ0v) is 12.2. The molecule has 21 heavy (non-hydrogen) atoms. The Morgan fingerprint density at radius 3 is 2.48 bits per heavy atom. The number of carbonyl (C=O) groups is 1. The molecule has 114 valence electrons. The molecule has 1 aromatic carbocycles. The molecule has 0 saturated carbocycles. The van der Waals surface area contributed by atoms with E-state index in [1.165, 1.54) is 22.5 Å². The van der Waals surface area contributed by atoms with Gasteiger partial charge < -0.3 is 4.79 Å². The topological polar surface area (TPSA) is 97.6 Å². The summed E-state index contributed by atoms with van der Waals surface area (Å²) >= 11 is 0. The number of nitro benzene ring substituents is 1. The minimum Gasteiger partial charge on any atom is -0.303 e. The van der Waals surface area contributed by atoms with E-state index in [9.17, 15) is 23.3 Å². The number of hydrogen-bond acceptors (Lipinski definition) is 5. The lowest BCUT2D eigenvalue weighted by atomic mass is 10.0. The first-order chi connectivity index (χ1) is 9.94. The number of nitro groups is 1. The molecule has 1 aliphatic heterocycles. The third kappa shape index (κ3) is 3.64. The number of benzene rings is 1. The summed E-state index contributed by atoms with van der Waals surface area (Å²) in [5.74, 6) is -0.488. The lowest BCUT2D eigenvalue weighted by Crippen LogP contribution is -2.39. The summed E-state index contributed by atoms with van der Waals surface area (Å²) in [4.78, 5) is 21.0. The molecule has 0 atom stereocenters. The van der Waals surface area contributed by atoms with Crippen LogP contribution >= 0.6 is 0 Å². The van der Waals surface area contributed by atoms with Gasteiger partial charge in [-0.3, -0.25) is 10.1 Å². The Labute approximate surface area is 122 Å². The number of carbonyl (C=O) groups excluding carboxylic acids is 1. The van der Waals surface area contributed by atoms with Gasteiger partial charge in [0.05, 0.1) is 10.7 Å². The van der Waals surface area contributed by atoms with Crippen LogP contribution in [0.4, 0.5) is 5.69 Å². The average molecular weight is 312 g/mol. The first kappa shape index (κ1) is 15.6. The number of piperidine rings is 1. The molecule has 8 heteroatoms. The van der Waals surface area contributed by atoms with Crippen molar-refractivity contribution in [3.8, 4) is 0 Å². The van der Waals surface area contributed by atoms with E-state index in [1.54, 1.807) is 6.07 Å². The molecule has 0 bridgehead atoms. The molecule has 1 saturated heterocycles. The predicted molar refractivity (Wildman–Crippen MR) is 76.1 cm³/mol. The second-order valence-electron chi connectivity index (χ2n) is 5.01. The van der Waals surface area contributed by atoms with Gasteiger partial charge in [0.1, 0.15) is 6.29 Å². The third-order valence-electron chi connectivity index (χ3n) is 3.61. The summed E-state index contributed by atoms with van der Waals surface area (Å²) in [7, 11) is -3.61. The van der Waals surface area contributed by atoms with Crippen molar-refractivity contribution in [1.82, 2.24) is 4.31 Å². The van der Waals surface area contributed by atoms with Crippen LogP contribution < -0.4 is 0 Å². The van der Waals surface area contributed by atoms with Gasteiger partial charge in [0.25, 0.3) is 5.69 Å². The van der Waals surface area contributed by atoms with E-state index >= 15 is 0 Å². The van der Waals surface area contributed by atoms with E-state index in [4.69, 9.17) is 0 Å². The molecule has 0 aliphatic carbocycles. The second-order valence-corrected chi connectivity index (χ2v) is 6.98. The molecule has 1 heterocycles. The van der Waals surface area contributed by atoms with Crippen LogP contribution in [0.25, 0.3) is 0 Å². The SMILES string of the molecule is O=CC1CCN(S(=O)(=O)Cc2ccccc2[N+](=O)[O-])CC1. The van der Waals surface area contributed by atoms with Crippen molar-refractivity contribution in [2.45, 2.75) is 18.6 Å². The van der Waals surface area contributed by atoms with E-state index < -0.39 is 20.7 Å². The molecule has 0 N–H and O–H groups in total. The molecule has 0 spiro atoms. The van der Waals surface area contributed by atoms with Crippen LogP contribution in [-0.2, 0) is 20.6 Å². The molecule has 0 unspecified atom stereocenters. The van der Waals surface area contributed by atoms with Gasteiger partial charge in [-0.05, 0) is 12.8 Å². The molecular weight excluding hydrogens is 296 g/mol. The number of para-hydroxylation sites is 1. The molecule has 2 rings (SSSR count). The van der Waals surface area contributed by atoms with Crippen LogP contribution in [-0.4, -0.2) is 37.0 Å². The summed E-state index contributed by atoms with van der Waals surface area (Å²) in [6, 6.07) is 5.83. The Morgan fingerprint density at radius 2 is 1.90 bits per heavy atom. The predicted octanol–water partition coefficient (Wildman–Crippen LogP) is 1.34. The van der Waals surface area contributed by atoms with Crippen LogP contribution in [0.5, 0.6) is 0 Å².